The highest BCUT2D eigenvalue weighted by Gasteiger charge is 2.15. The molecule has 1 aliphatic carbocycles. The topological polar surface area (TPSA) is 35.2 Å². The summed E-state index contributed by atoms with van der Waals surface area (Å²) in [7, 11) is 0. The van der Waals surface area contributed by atoms with Gasteiger partial charge in [-0.2, -0.15) is 0 Å². The van der Waals surface area contributed by atoms with Crippen molar-refractivity contribution < 1.29 is 4.74 Å². The van der Waals surface area contributed by atoms with Crippen molar-refractivity contribution in [1.82, 2.24) is 0 Å². The molecule has 0 aromatic heterocycles. The molecule has 1 saturated carbocycles. The lowest BCUT2D eigenvalue weighted by Gasteiger charge is -2.19. The van der Waals surface area contributed by atoms with Crippen molar-refractivity contribution in [3.63, 3.8) is 0 Å². The third kappa shape index (κ3) is 3.49. The number of nitrogens with two attached hydrogens (primary N) is 1. The first-order chi connectivity index (χ1) is 8.66. The molecule has 1 atom stereocenters. The van der Waals surface area contributed by atoms with Gasteiger partial charge >= 0.3 is 0 Å². The minimum Gasteiger partial charge on any atom is -0.490 e. The van der Waals surface area contributed by atoms with E-state index in [0.717, 1.165) is 5.75 Å². The lowest BCUT2D eigenvalue weighted by Crippen LogP contribution is -2.16. The molecule has 18 heavy (non-hydrogen) atoms. The fraction of sp³-hybridized carbons (Fsp3) is 0.625. The van der Waals surface area contributed by atoms with Crippen LogP contribution in [0.1, 0.15) is 62.6 Å². The van der Waals surface area contributed by atoms with E-state index in [4.69, 9.17) is 10.5 Å². The van der Waals surface area contributed by atoms with Gasteiger partial charge in [-0.3, -0.25) is 0 Å². The maximum Gasteiger partial charge on any atom is 0.122 e. The third-order valence-electron chi connectivity index (χ3n) is 3.82. The zero-order chi connectivity index (χ0) is 13.0. The number of aryl methyl sites for hydroxylation is 1. The molecule has 0 radical (unpaired) electrons. The maximum atomic E-state index is 6.16. The van der Waals surface area contributed by atoms with E-state index in [1.165, 1.54) is 49.7 Å². The van der Waals surface area contributed by atoms with Gasteiger partial charge in [0.2, 0.25) is 0 Å². The van der Waals surface area contributed by atoms with E-state index in [1.54, 1.807) is 0 Å². The molecular weight excluding hydrogens is 222 g/mol. The van der Waals surface area contributed by atoms with Gasteiger partial charge in [0.05, 0.1) is 6.10 Å². The van der Waals surface area contributed by atoms with Gasteiger partial charge in [0.1, 0.15) is 5.75 Å². The Morgan fingerprint density at radius 2 is 1.83 bits per heavy atom. The molecule has 1 aromatic rings. The minimum atomic E-state index is 0.0932. The monoisotopic (exact) mass is 247 g/mol. The Morgan fingerprint density at radius 3 is 2.39 bits per heavy atom. The lowest BCUT2D eigenvalue weighted by atomic mass is 10.1. The largest absolute Gasteiger partial charge is 0.490 e. The van der Waals surface area contributed by atoms with Gasteiger partial charge in [-0.25, -0.2) is 0 Å². The highest BCUT2D eigenvalue weighted by atomic mass is 16.5. The molecule has 2 N–H and O–H groups in total. The first-order valence-electron chi connectivity index (χ1n) is 7.19. The molecule has 1 fully saturated rings. The van der Waals surface area contributed by atoms with E-state index >= 15 is 0 Å². The van der Waals surface area contributed by atoms with Crippen molar-refractivity contribution in [2.24, 2.45) is 5.73 Å². The predicted octanol–water partition coefficient (Wildman–Crippen LogP) is 4.12. The lowest BCUT2D eigenvalue weighted by molar-refractivity contribution is 0.182. The maximum absolute atomic E-state index is 6.16. The molecule has 0 amide bonds. The molecule has 2 nitrogen and oxygen atoms in total. The van der Waals surface area contributed by atoms with Crippen LogP contribution in [0.5, 0.6) is 5.75 Å². The van der Waals surface area contributed by atoms with Crippen LogP contribution in [-0.4, -0.2) is 6.10 Å². The van der Waals surface area contributed by atoms with Gasteiger partial charge in [-0.05, 0) is 56.7 Å². The van der Waals surface area contributed by atoms with Crippen molar-refractivity contribution >= 4 is 0 Å². The summed E-state index contributed by atoms with van der Waals surface area (Å²) in [5.41, 5.74) is 8.28. The Balaban J connectivity index is 2.04. The summed E-state index contributed by atoms with van der Waals surface area (Å²) < 4.78 is 6.16. The third-order valence-corrected chi connectivity index (χ3v) is 3.82. The van der Waals surface area contributed by atoms with Crippen LogP contribution in [0.3, 0.4) is 0 Å². The molecule has 1 aromatic carbocycles. The molecular formula is C16H25NO. The van der Waals surface area contributed by atoms with Crippen LogP contribution in [0.4, 0.5) is 0 Å². The van der Waals surface area contributed by atoms with Crippen molar-refractivity contribution in [2.45, 2.75) is 64.5 Å². The fourth-order valence-corrected chi connectivity index (χ4v) is 2.63. The van der Waals surface area contributed by atoms with Gasteiger partial charge in [0.15, 0.2) is 0 Å². The molecule has 0 spiro atoms. The Labute approximate surface area is 111 Å². The second-order valence-corrected chi connectivity index (χ2v) is 5.55. The number of rotatable bonds is 3. The minimum absolute atomic E-state index is 0.0932. The van der Waals surface area contributed by atoms with E-state index in [2.05, 4.69) is 25.1 Å². The highest BCUT2D eigenvalue weighted by molar-refractivity contribution is 5.37. The molecule has 0 saturated heterocycles. The molecule has 100 valence electrons. The van der Waals surface area contributed by atoms with Crippen LogP contribution >= 0.6 is 0 Å². The summed E-state index contributed by atoms with van der Waals surface area (Å²) in [5.74, 6) is 1.03. The zero-order valence-electron chi connectivity index (χ0n) is 11.6. The highest BCUT2D eigenvalue weighted by Crippen LogP contribution is 2.26. The second-order valence-electron chi connectivity index (χ2n) is 5.55. The standard InChI is InChI=1S/C16H25NO/c1-12-11-14(13(2)17)9-10-16(12)18-15-7-5-3-4-6-8-15/h9-11,13,15H,3-8,17H2,1-2H3/t13-/m0/s1. The quantitative estimate of drug-likeness (QED) is 0.816. The number of hydrogen-bond acceptors (Lipinski definition) is 2. The van der Waals surface area contributed by atoms with Crippen LogP contribution in [0.25, 0.3) is 0 Å². The average molecular weight is 247 g/mol. The Hall–Kier alpha value is -1.02. The normalized spacial score (nSPS) is 19.3. The van der Waals surface area contributed by atoms with Gasteiger partial charge in [0, 0.05) is 6.04 Å². The predicted molar refractivity (Wildman–Crippen MR) is 75.9 cm³/mol. The van der Waals surface area contributed by atoms with Crippen LogP contribution in [0, 0.1) is 6.92 Å². The first kappa shape index (κ1) is 13.4. The van der Waals surface area contributed by atoms with E-state index in [9.17, 15) is 0 Å². The summed E-state index contributed by atoms with van der Waals surface area (Å²) in [4.78, 5) is 0. The van der Waals surface area contributed by atoms with E-state index in [0.29, 0.717) is 6.10 Å². The Kier molecular flexibility index (Phi) is 4.65. The van der Waals surface area contributed by atoms with Crippen LogP contribution in [0.15, 0.2) is 18.2 Å². The summed E-state index contributed by atoms with van der Waals surface area (Å²) in [6, 6.07) is 6.41. The summed E-state index contributed by atoms with van der Waals surface area (Å²) in [6.07, 6.45) is 8.16. The molecule has 2 rings (SSSR count). The van der Waals surface area contributed by atoms with Gasteiger partial charge in [-0.1, -0.05) is 25.0 Å². The van der Waals surface area contributed by atoms with E-state index < -0.39 is 0 Å². The summed E-state index contributed by atoms with van der Waals surface area (Å²) in [5, 5.41) is 0. The van der Waals surface area contributed by atoms with Crippen LogP contribution in [-0.2, 0) is 0 Å². The molecule has 1 aliphatic rings. The summed E-state index contributed by atoms with van der Waals surface area (Å²) in [6.45, 7) is 4.12. The Morgan fingerprint density at radius 1 is 1.17 bits per heavy atom. The summed E-state index contributed by atoms with van der Waals surface area (Å²) >= 11 is 0. The van der Waals surface area contributed by atoms with Gasteiger partial charge in [-0.15, -0.1) is 0 Å². The van der Waals surface area contributed by atoms with E-state index in [-0.39, 0.29) is 6.04 Å². The number of hydrogen-bond donors (Lipinski definition) is 1. The number of benzene rings is 1. The van der Waals surface area contributed by atoms with Crippen LogP contribution in [0.2, 0.25) is 0 Å². The van der Waals surface area contributed by atoms with Crippen molar-refractivity contribution in [3.05, 3.63) is 29.3 Å². The first-order valence-corrected chi connectivity index (χ1v) is 7.19. The van der Waals surface area contributed by atoms with Crippen LogP contribution < -0.4 is 10.5 Å². The number of ether oxygens (including phenoxy) is 1. The smallest absolute Gasteiger partial charge is 0.122 e. The van der Waals surface area contributed by atoms with E-state index in [1.807, 2.05) is 6.92 Å². The molecule has 0 aliphatic heterocycles. The molecule has 0 bridgehead atoms. The molecule has 2 heteroatoms. The van der Waals surface area contributed by atoms with Crippen molar-refractivity contribution in [2.75, 3.05) is 0 Å². The van der Waals surface area contributed by atoms with Gasteiger partial charge < -0.3 is 10.5 Å². The SMILES string of the molecule is Cc1cc([C@H](C)N)ccc1OC1CCCCCC1. The Bertz CT molecular complexity index is 379. The molecule has 0 unspecified atom stereocenters. The fourth-order valence-electron chi connectivity index (χ4n) is 2.63. The van der Waals surface area contributed by atoms with Gasteiger partial charge in [0.25, 0.3) is 0 Å². The average Bonchev–Trinajstić information content (AvgIpc) is 2.60. The molecule has 0 heterocycles. The second kappa shape index (κ2) is 6.24. The van der Waals surface area contributed by atoms with Crippen molar-refractivity contribution in [3.8, 4) is 5.75 Å². The van der Waals surface area contributed by atoms with Crippen molar-refractivity contribution in [1.29, 1.82) is 0 Å². The zero-order valence-corrected chi connectivity index (χ0v) is 11.6.